The highest BCUT2D eigenvalue weighted by Crippen LogP contribution is 2.18. The van der Waals surface area contributed by atoms with Gasteiger partial charge in [0.25, 0.3) is 5.91 Å². The van der Waals surface area contributed by atoms with Crippen molar-refractivity contribution in [2.24, 2.45) is 0 Å². The van der Waals surface area contributed by atoms with Crippen LogP contribution in [0.2, 0.25) is 0 Å². The predicted octanol–water partition coefficient (Wildman–Crippen LogP) is 1.92. The SMILES string of the molecule is Cc1ccc(OCC(=O)N2CCNC[C@H]2C)c(C)c1.Cl. The summed E-state index contributed by atoms with van der Waals surface area (Å²) in [7, 11) is 0. The first-order chi connectivity index (χ1) is 9.08. The zero-order valence-corrected chi connectivity index (χ0v) is 13.1. The van der Waals surface area contributed by atoms with Crippen LogP contribution in [-0.2, 0) is 4.79 Å². The van der Waals surface area contributed by atoms with Gasteiger partial charge in [0.05, 0.1) is 0 Å². The molecule has 1 aliphatic heterocycles. The molecule has 0 spiro atoms. The maximum atomic E-state index is 12.1. The fraction of sp³-hybridized carbons (Fsp3) is 0.533. The molecule has 0 saturated carbocycles. The Labute approximate surface area is 126 Å². The Morgan fingerprint density at radius 3 is 2.85 bits per heavy atom. The summed E-state index contributed by atoms with van der Waals surface area (Å²) < 4.78 is 5.64. The molecule has 112 valence electrons. The molecule has 0 bridgehead atoms. The van der Waals surface area contributed by atoms with Crippen molar-refractivity contribution >= 4 is 18.3 Å². The summed E-state index contributed by atoms with van der Waals surface area (Å²) in [6.07, 6.45) is 0. The maximum Gasteiger partial charge on any atom is 0.260 e. The van der Waals surface area contributed by atoms with Gasteiger partial charge in [-0.3, -0.25) is 4.79 Å². The number of nitrogens with one attached hydrogen (secondary N) is 1. The normalized spacial score (nSPS) is 18.4. The lowest BCUT2D eigenvalue weighted by atomic mass is 10.1. The molecule has 1 amide bonds. The maximum absolute atomic E-state index is 12.1. The van der Waals surface area contributed by atoms with E-state index in [1.165, 1.54) is 5.56 Å². The highest BCUT2D eigenvalue weighted by Gasteiger charge is 2.23. The second-order valence-electron chi connectivity index (χ2n) is 5.20. The minimum Gasteiger partial charge on any atom is -0.484 e. The van der Waals surface area contributed by atoms with Gasteiger partial charge < -0.3 is 15.0 Å². The smallest absolute Gasteiger partial charge is 0.260 e. The largest absolute Gasteiger partial charge is 0.484 e. The molecule has 0 aromatic heterocycles. The molecule has 2 rings (SSSR count). The lowest BCUT2D eigenvalue weighted by Gasteiger charge is -2.33. The Bertz CT molecular complexity index is 465. The third kappa shape index (κ3) is 4.12. The van der Waals surface area contributed by atoms with Crippen LogP contribution in [0.1, 0.15) is 18.1 Å². The van der Waals surface area contributed by atoms with Gasteiger partial charge in [-0.1, -0.05) is 17.7 Å². The number of hydrogen-bond acceptors (Lipinski definition) is 3. The molecule has 1 N–H and O–H groups in total. The van der Waals surface area contributed by atoms with Gasteiger partial charge in [-0.2, -0.15) is 0 Å². The average Bonchev–Trinajstić information content (AvgIpc) is 2.38. The number of piperazine rings is 1. The van der Waals surface area contributed by atoms with Crippen LogP contribution in [-0.4, -0.2) is 43.1 Å². The molecule has 1 atom stereocenters. The molecule has 0 aliphatic carbocycles. The highest BCUT2D eigenvalue weighted by molar-refractivity contribution is 5.85. The summed E-state index contributed by atoms with van der Waals surface area (Å²) in [5, 5.41) is 3.27. The van der Waals surface area contributed by atoms with Crippen LogP contribution < -0.4 is 10.1 Å². The summed E-state index contributed by atoms with van der Waals surface area (Å²) in [5.74, 6) is 0.857. The molecule has 0 unspecified atom stereocenters. The zero-order chi connectivity index (χ0) is 13.8. The van der Waals surface area contributed by atoms with Crippen LogP contribution >= 0.6 is 12.4 Å². The first kappa shape index (κ1) is 16.8. The molecule has 1 aromatic carbocycles. The van der Waals surface area contributed by atoms with Crippen molar-refractivity contribution < 1.29 is 9.53 Å². The number of carbonyl (C=O) groups excluding carboxylic acids is 1. The highest BCUT2D eigenvalue weighted by atomic mass is 35.5. The Morgan fingerprint density at radius 1 is 1.45 bits per heavy atom. The van der Waals surface area contributed by atoms with Crippen molar-refractivity contribution in [3.63, 3.8) is 0 Å². The number of nitrogens with zero attached hydrogens (tertiary/aromatic N) is 1. The molecule has 1 aliphatic rings. The van der Waals surface area contributed by atoms with Gasteiger partial charge in [-0.25, -0.2) is 0 Å². The molecule has 1 saturated heterocycles. The third-order valence-corrected chi connectivity index (χ3v) is 3.50. The van der Waals surface area contributed by atoms with Crippen LogP contribution in [0.3, 0.4) is 0 Å². The fourth-order valence-corrected chi connectivity index (χ4v) is 2.40. The van der Waals surface area contributed by atoms with Crippen molar-refractivity contribution in [3.8, 4) is 5.75 Å². The molecule has 20 heavy (non-hydrogen) atoms. The number of ether oxygens (including phenoxy) is 1. The van der Waals surface area contributed by atoms with Crippen molar-refractivity contribution in [2.45, 2.75) is 26.8 Å². The third-order valence-electron chi connectivity index (χ3n) is 3.50. The Hall–Kier alpha value is -1.26. The van der Waals surface area contributed by atoms with Gasteiger partial charge in [0.2, 0.25) is 0 Å². The Balaban J connectivity index is 0.00000200. The minimum absolute atomic E-state index is 0. The minimum atomic E-state index is 0. The number of hydrogen-bond donors (Lipinski definition) is 1. The van der Waals surface area contributed by atoms with E-state index < -0.39 is 0 Å². The molecule has 4 nitrogen and oxygen atoms in total. The van der Waals surface area contributed by atoms with Crippen molar-refractivity contribution in [1.82, 2.24) is 10.2 Å². The fourth-order valence-electron chi connectivity index (χ4n) is 2.40. The Morgan fingerprint density at radius 2 is 2.20 bits per heavy atom. The van der Waals surface area contributed by atoms with Crippen LogP contribution in [0.5, 0.6) is 5.75 Å². The lowest BCUT2D eigenvalue weighted by Crippen LogP contribution is -2.53. The monoisotopic (exact) mass is 298 g/mol. The number of halogens is 1. The number of rotatable bonds is 3. The zero-order valence-electron chi connectivity index (χ0n) is 12.3. The first-order valence-electron chi connectivity index (χ1n) is 6.78. The van der Waals surface area contributed by atoms with E-state index in [2.05, 4.69) is 18.3 Å². The number of amides is 1. The number of benzene rings is 1. The van der Waals surface area contributed by atoms with E-state index in [4.69, 9.17) is 4.74 Å². The first-order valence-corrected chi connectivity index (χ1v) is 6.78. The standard InChI is InChI=1S/C15H22N2O2.ClH/c1-11-4-5-14(12(2)8-11)19-10-15(18)17-7-6-16-9-13(17)3;/h4-5,8,13,16H,6-7,9-10H2,1-3H3;1H/t13-;/m1./s1. The lowest BCUT2D eigenvalue weighted by molar-refractivity contribution is -0.136. The van der Waals surface area contributed by atoms with E-state index in [1.54, 1.807) is 0 Å². The van der Waals surface area contributed by atoms with E-state index in [9.17, 15) is 4.79 Å². The predicted molar refractivity (Wildman–Crippen MR) is 82.7 cm³/mol. The summed E-state index contributed by atoms with van der Waals surface area (Å²) in [6, 6.07) is 6.23. The Kier molecular flexibility index (Phi) is 6.30. The van der Waals surface area contributed by atoms with Crippen molar-refractivity contribution in [1.29, 1.82) is 0 Å². The van der Waals surface area contributed by atoms with Gasteiger partial charge in [0.1, 0.15) is 5.75 Å². The van der Waals surface area contributed by atoms with Crippen molar-refractivity contribution in [2.75, 3.05) is 26.2 Å². The van der Waals surface area contributed by atoms with Crippen LogP contribution in [0.4, 0.5) is 0 Å². The summed E-state index contributed by atoms with van der Waals surface area (Å²) in [5.41, 5.74) is 2.27. The molecular formula is C15H23ClN2O2. The van der Waals surface area contributed by atoms with Gasteiger partial charge >= 0.3 is 0 Å². The molecule has 0 radical (unpaired) electrons. The van der Waals surface area contributed by atoms with Gasteiger partial charge in [-0.05, 0) is 32.4 Å². The molecular weight excluding hydrogens is 276 g/mol. The molecule has 5 heteroatoms. The van der Waals surface area contributed by atoms with E-state index in [-0.39, 0.29) is 31.0 Å². The molecule has 1 heterocycles. The second-order valence-corrected chi connectivity index (χ2v) is 5.20. The number of aryl methyl sites for hydroxylation is 2. The van der Waals surface area contributed by atoms with Gasteiger partial charge in [0.15, 0.2) is 6.61 Å². The van der Waals surface area contributed by atoms with E-state index in [0.717, 1.165) is 30.9 Å². The van der Waals surface area contributed by atoms with Crippen LogP contribution in [0, 0.1) is 13.8 Å². The molecule has 1 aromatic rings. The molecule has 1 fully saturated rings. The summed E-state index contributed by atoms with van der Waals surface area (Å²) >= 11 is 0. The topological polar surface area (TPSA) is 41.6 Å². The van der Waals surface area contributed by atoms with E-state index >= 15 is 0 Å². The van der Waals surface area contributed by atoms with Gasteiger partial charge in [0, 0.05) is 25.7 Å². The quantitative estimate of drug-likeness (QED) is 0.927. The van der Waals surface area contributed by atoms with Gasteiger partial charge in [-0.15, -0.1) is 12.4 Å². The van der Waals surface area contributed by atoms with E-state index in [1.807, 2.05) is 30.9 Å². The van der Waals surface area contributed by atoms with Crippen LogP contribution in [0.15, 0.2) is 18.2 Å². The van der Waals surface area contributed by atoms with Crippen molar-refractivity contribution in [3.05, 3.63) is 29.3 Å². The van der Waals surface area contributed by atoms with Crippen LogP contribution in [0.25, 0.3) is 0 Å². The summed E-state index contributed by atoms with van der Waals surface area (Å²) in [4.78, 5) is 14.0. The average molecular weight is 299 g/mol. The van der Waals surface area contributed by atoms with E-state index in [0.29, 0.717) is 0 Å². The second kappa shape index (κ2) is 7.50. The number of carbonyl (C=O) groups is 1. The summed E-state index contributed by atoms with van der Waals surface area (Å²) in [6.45, 7) is 8.70.